The van der Waals surface area contributed by atoms with Gasteiger partial charge in [-0.15, -0.1) is 0 Å². The second-order valence-electron chi connectivity index (χ2n) is 4.63. The molecule has 0 saturated heterocycles. The standard InChI is InChI=1S/C14H18ClN3/c1-9-12(15)5-4-11-13(18(2)3)8-10(6-7-16)17-14(9)11/h4-5,8H,6-7,16H2,1-3H3. The molecule has 0 saturated carbocycles. The van der Waals surface area contributed by atoms with E-state index in [9.17, 15) is 0 Å². The number of nitrogens with zero attached hydrogens (tertiary/aromatic N) is 2. The first-order valence-corrected chi connectivity index (χ1v) is 6.38. The predicted octanol–water partition coefficient (Wildman–Crippen LogP) is 2.76. The Hall–Kier alpha value is -1.32. The average Bonchev–Trinajstić information content (AvgIpc) is 2.34. The number of halogens is 1. The van der Waals surface area contributed by atoms with E-state index < -0.39 is 0 Å². The van der Waals surface area contributed by atoms with E-state index in [2.05, 4.69) is 16.0 Å². The van der Waals surface area contributed by atoms with E-state index in [1.807, 2.05) is 33.2 Å². The third-order valence-electron chi connectivity index (χ3n) is 3.08. The molecule has 0 aliphatic carbocycles. The maximum Gasteiger partial charge on any atom is 0.0770 e. The topological polar surface area (TPSA) is 42.1 Å². The molecule has 4 heteroatoms. The van der Waals surface area contributed by atoms with Crippen molar-refractivity contribution >= 4 is 28.2 Å². The molecule has 1 heterocycles. The smallest absolute Gasteiger partial charge is 0.0770 e. The molecule has 2 rings (SSSR count). The van der Waals surface area contributed by atoms with Gasteiger partial charge in [-0.2, -0.15) is 0 Å². The van der Waals surface area contributed by atoms with Gasteiger partial charge < -0.3 is 10.6 Å². The van der Waals surface area contributed by atoms with Gasteiger partial charge in [-0.3, -0.25) is 4.98 Å². The maximum atomic E-state index is 6.17. The summed E-state index contributed by atoms with van der Waals surface area (Å²) in [6, 6.07) is 6.05. The quantitative estimate of drug-likeness (QED) is 0.926. The molecule has 0 amide bonds. The summed E-state index contributed by atoms with van der Waals surface area (Å²) in [5.41, 5.74) is 9.78. The number of pyridine rings is 1. The van der Waals surface area contributed by atoms with Crippen LogP contribution < -0.4 is 10.6 Å². The van der Waals surface area contributed by atoms with Gasteiger partial charge in [0.2, 0.25) is 0 Å². The highest BCUT2D eigenvalue weighted by Gasteiger charge is 2.11. The molecule has 2 N–H and O–H groups in total. The highest BCUT2D eigenvalue weighted by molar-refractivity contribution is 6.32. The lowest BCUT2D eigenvalue weighted by molar-refractivity contribution is 0.929. The Morgan fingerprint density at radius 1 is 1.33 bits per heavy atom. The van der Waals surface area contributed by atoms with Crippen molar-refractivity contribution in [1.29, 1.82) is 0 Å². The summed E-state index contributed by atoms with van der Waals surface area (Å²) in [5.74, 6) is 0. The van der Waals surface area contributed by atoms with Crippen LogP contribution >= 0.6 is 11.6 Å². The van der Waals surface area contributed by atoms with E-state index >= 15 is 0 Å². The first-order valence-electron chi connectivity index (χ1n) is 6.00. The second kappa shape index (κ2) is 5.12. The molecule has 0 atom stereocenters. The zero-order valence-electron chi connectivity index (χ0n) is 11.0. The molecule has 3 nitrogen and oxygen atoms in total. The van der Waals surface area contributed by atoms with Gasteiger partial charge in [-0.05, 0) is 37.2 Å². The lowest BCUT2D eigenvalue weighted by atomic mass is 10.1. The number of hydrogen-bond donors (Lipinski definition) is 1. The molecule has 0 aliphatic heterocycles. The van der Waals surface area contributed by atoms with Crippen LogP contribution in [0.1, 0.15) is 11.3 Å². The van der Waals surface area contributed by atoms with Gasteiger partial charge in [0.1, 0.15) is 0 Å². The van der Waals surface area contributed by atoms with E-state index in [1.54, 1.807) is 0 Å². The van der Waals surface area contributed by atoms with E-state index in [1.165, 1.54) is 0 Å². The van der Waals surface area contributed by atoms with Crippen molar-refractivity contribution in [3.05, 3.63) is 34.5 Å². The van der Waals surface area contributed by atoms with Crippen molar-refractivity contribution in [2.24, 2.45) is 5.73 Å². The number of benzene rings is 1. The van der Waals surface area contributed by atoms with Crippen molar-refractivity contribution in [2.75, 3.05) is 25.5 Å². The van der Waals surface area contributed by atoms with Crippen LogP contribution in [-0.2, 0) is 6.42 Å². The third kappa shape index (κ3) is 2.28. The number of aromatic nitrogens is 1. The van der Waals surface area contributed by atoms with Crippen molar-refractivity contribution in [3.63, 3.8) is 0 Å². The number of rotatable bonds is 3. The van der Waals surface area contributed by atoms with Gasteiger partial charge in [0.25, 0.3) is 0 Å². The van der Waals surface area contributed by atoms with Crippen molar-refractivity contribution < 1.29 is 0 Å². The summed E-state index contributed by atoms with van der Waals surface area (Å²) in [6.07, 6.45) is 0.780. The minimum Gasteiger partial charge on any atom is -0.377 e. The van der Waals surface area contributed by atoms with Crippen molar-refractivity contribution in [3.8, 4) is 0 Å². The summed E-state index contributed by atoms with van der Waals surface area (Å²) >= 11 is 6.17. The van der Waals surface area contributed by atoms with Crippen LogP contribution in [-0.4, -0.2) is 25.6 Å². The lowest BCUT2D eigenvalue weighted by Gasteiger charge is -2.18. The number of hydrogen-bond acceptors (Lipinski definition) is 3. The fourth-order valence-corrected chi connectivity index (χ4v) is 2.24. The summed E-state index contributed by atoms with van der Waals surface area (Å²) < 4.78 is 0. The minimum atomic E-state index is 0.602. The van der Waals surface area contributed by atoms with Crippen molar-refractivity contribution in [2.45, 2.75) is 13.3 Å². The van der Waals surface area contributed by atoms with E-state index in [0.29, 0.717) is 6.54 Å². The SMILES string of the molecule is Cc1c(Cl)ccc2c(N(C)C)cc(CCN)nc12. The van der Waals surface area contributed by atoms with E-state index in [0.717, 1.165) is 39.3 Å². The number of nitrogens with two attached hydrogens (primary N) is 1. The van der Waals surface area contributed by atoms with E-state index in [-0.39, 0.29) is 0 Å². The molecular formula is C14H18ClN3. The number of anilines is 1. The molecule has 0 fully saturated rings. The highest BCUT2D eigenvalue weighted by Crippen LogP contribution is 2.31. The van der Waals surface area contributed by atoms with Gasteiger partial charge >= 0.3 is 0 Å². The van der Waals surface area contributed by atoms with E-state index in [4.69, 9.17) is 17.3 Å². The Morgan fingerprint density at radius 3 is 2.67 bits per heavy atom. The normalized spacial score (nSPS) is 10.9. The summed E-state index contributed by atoms with van der Waals surface area (Å²) in [4.78, 5) is 6.77. The lowest BCUT2D eigenvalue weighted by Crippen LogP contribution is -2.12. The molecular weight excluding hydrogens is 246 g/mol. The summed E-state index contributed by atoms with van der Waals surface area (Å²) in [5, 5.41) is 1.88. The molecule has 0 bridgehead atoms. The Labute approximate surface area is 113 Å². The molecule has 0 aliphatic rings. The van der Waals surface area contributed by atoms with Gasteiger partial charge in [-0.1, -0.05) is 11.6 Å². The molecule has 0 spiro atoms. The number of aryl methyl sites for hydroxylation is 1. The Bertz CT molecular complexity index is 579. The maximum absolute atomic E-state index is 6.17. The van der Waals surface area contributed by atoms with Gasteiger partial charge in [-0.25, -0.2) is 0 Å². The van der Waals surface area contributed by atoms with Crippen LogP contribution in [0.2, 0.25) is 5.02 Å². The van der Waals surface area contributed by atoms with Crippen LogP contribution in [0.4, 0.5) is 5.69 Å². The molecule has 1 aromatic carbocycles. The highest BCUT2D eigenvalue weighted by atomic mass is 35.5. The summed E-state index contributed by atoms with van der Waals surface area (Å²) in [7, 11) is 4.07. The average molecular weight is 264 g/mol. The van der Waals surface area contributed by atoms with Crippen LogP contribution in [0.3, 0.4) is 0 Å². The summed E-state index contributed by atoms with van der Waals surface area (Å²) in [6.45, 7) is 2.61. The third-order valence-corrected chi connectivity index (χ3v) is 3.49. The molecule has 0 unspecified atom stereocenters. The van der Waals surface area contributed by atoms with Crippen LogP contribution in [0, 0.1) is 6.92 Å². The first-order chi connectivity index (χ1) is 8.54. The molecule has 0 radical (unpaired) electrons. The minimum absolute atomic E-state index is 0.602. The molecule has 2 aromatic rings. The fourth-order valence-electron chi connectivity index (χ4n) is 2.08. The monoisotopic (exact) mass is 263 g/mol. The molecule has 96 valence electrons. The Morgan fingerprint density at radius 2 is 2.06 bits per heavy atom. The second-order valence-corrected chi connectivity index (χ2v) is 5.04. The zero-order chi connectivity index (χ0) is 13.3. The number of fused-ring (bicyclic) bond motifs is 1. The Kier molecular flexibility index (Phi) is 3.73. The zero-order valence-corrected chi connectivity index (χ0v) is 11.8. The van der Waals surface area contributed by atoms with Gasteiger partial charge in [0.15, 0.2) is 0 Å². The largest absolute Gasteiger partial charge is 0.377 e. The molecule has 18 heavy (non-hydrogen) atoms. The van der Waals surface area contributed by atoms with Crippen LogP contribution in [0.25, 0.3) is 10.9 Å². The fraction of sp³-hybridized carbons (Fsp3) is 0.357. The predicted molar refractivity (Wildman–Crippen MR) is 78.6 cm³/mol. The van der Waals surface area contributed by atoms with Crippen LogP contribution in [0.5, 0.6) is 0 Å². The van der Waals surface area contributed by atoms with Crippen molar-refractivity contribution in [1.82, 2.24) is 4.98 Å². The Balaban J connectivity index is 2.77. The first kappa shape index (κ1) is 13.1. The van der Waals surface area contributed by atoms with Crippen LogP contribution in [0.15, 0.2) is 18.2 Å². The molecule has 1 aromatic heterocycles. The van der Waals surface area contributed by atoms with Gasteiger partial charge in [0.05, 0.1) is 5.52 Å². The van der Waals surface area contributed by atoms with Gasteiger partial charge in [0, 0.05) is 42.3 Å².